The fourth-order valence-corrected chi connectivity index (χ4v) is 3.88. The molecule has 1 saturated heterocycles. The SMILES string of the molecule is CCN=C1SC(CC(=O)Nc2ccc(Cl)c(C(F)(F)F)c2)C(=O)N1CC. The average Bonchev–Trinajstić information content (AvgIpc) is 2.83. The van der Waals surface area contributed by atoms with Crippen LogP contribution in [0.2, 0.25) is 5.02 Å². The molecule has 10 heteroatoms. The molecule has 1 aromatic carbocycles. The third-order valence-electron chi connectivity index (χ3n) is 3.56. The average molecular weight is 408 g/mol. The number of carbonyl (C=O) groups is 2. The van der Waals surface area contributed by atoms with E-state index in [1.165, 1.54) is 22.7 Å². The number of amidine groups is 1. The van der Waals surface area contributed by atoms with Crippen LogP contribution in [-0.4, -0.2) is 40.2 Å². The van der Waals surface area contributed by atoms with Gasteiger partial charge in [-0.2, -0.15) is 13.2 Å². The molecule has 1 aromatic rings. The minimum atomic E-state index is -4.62. The highest BCUT2D eigenvalue weighted by atomic mass is 35.5. The Morgan fingerprint density at radius 3 is 2.65 bits per heavy atom. The molecule has 0 aliphatic carbocycles. The second kappa shape index (κ2) is 8.30. The molecule has 1 aliphatic rings. The van der Waals surface area contributed by atoms with Crippen LogP contribution in [0, 0.1) is 0 Å². The Balaban J connectivity index is 2.08. The monoisotopic (exact) mass is 407 g/mol. The first-order chi connectivity index (χ1) is 12.2. The zero-order valence-electron chi connectivity index (χ0n) is 14.1. The Labute approximate surface area is 158 Å². The van der Waals surface area contributed by atoms with Crippen LogP contribution < -0.4 is 5.32 Å². The van der Waals surface area contributed by atoms with Gasteiger partial charge in [0.1, 0.15) is 5.25 Å². The zero-order valence-corrected chi connectivity index (χ0v) is 15.6. The lowest BCUT2D eigenvalue weighted by molar-refractivity contribution is -0.137. The number of carbonyl (C=O) groups excluding carboxylic acids is 2. The van der Waals surface area contributed by atoms with Gasteiger partial charge in [0.15, 0.2) is 5.17 Å². The molecule has 5 nitrogen and oxygen atoms in total. The van der Waals surface area contributed by atoms with Crippen LogP contribution in [0.25, 0.3) is 0 Å². The summed E-state index contributed by atoms with van der Waals surface area (Å²) in [6.45, 7) is 4.59. The lowest BCUT2D eigenvalue weighted by Crippen LogP contribution is -2.33. The number of amides is 2. The van der Waals surface area contributed by atoms with Gasteiger partial charge in [0, 0.05) is 25.2 Å². The van der Waals surface area contributed by atoms with Gasteiger partial charge >= 0.3 is 6.18 Å². The van der Waals surface area contributed by atoms with Crippen molar-refractivity contribution < 1.29 is 22.8 Å². The molecule has 0 spiro atoms. The van der Waals surface area contributed by atoms with E-state index in [1.807, 2.05) is 6.92 Å². The number of aliphatic imine (C=N–C) groups is 1. The van der Waals surface area contributed by atoms with Crippen molar-refractivity contribution in [1.82, 2.24) is 4.90 Å². The molecule has 26 heavy (non-hydrogen) atoms. The largest absolute Gasteiger partial charge is 0.417 e. The summed E-state index contributed by atoms with van der Waals surface area (Å²) >= 11 is 6.74. The van der Waals surface area contributed by atoms with Crippen molar-refractivity contribution in [3.8, 4) is 0 Å². The lowest BCUT2D eigenvalue weighted by atomic mass is 10.2. The number of benzene rings is 1. The summed E-state index contributed by atoms with van der Waals surface area (Å²) in [6.07, 6.45) is -4.78. The summed E-state index contributed by atoms with van der Waals surface area (Å²) in [5.41, 5.74) is -1.06. The Bertz CT molecular complexity index is 740. The number of anilines is 1. The van der Waals surface area contributed by atoms with Crippen molar-refractivity contribution >= 4 is 46.0 Å². The van der Waals surface area contributed by atoms with Gasteiger partial charge in [-0.05, 0) is 32.0 Å². The predicted molar refractivity (Wildman–Crippen MR) is 96.4 cm³/mol. The van der Waals surface area contributed by atoms with Crippen LogP contribution in [0.1, 0.15) is 25.8 Å². The first kappa shape index (κ1) is 20.6. The molecular formula is C16H17ClF3N3O2S. The molecule has 1 unspecified atom stereocenters. The van der Waals surface area contributed by atoms with Crippen LogP contribution >= 0.6 is 23.4 Å². The van der Waals surface area contributed by atoms with E-state index >= 15 is 0 Å². The Hall–Kier alpha value is -1.74. The summed E-state index contributed by atoms with van der Waals surface area (Å²) in [4.78, 5) is 30.2. The number of hydrogen-bond acceptors (Lipinski definition) is 4. The van der Waals surface area contributed by atoms with Crippen LogP contribution in [0.3, 0.4) is 0 Å². The van der Waals surface area contributed by atoms with Gasteiger partial charge in [-0.15, -0.1) is 0 Å². The van der Waals surface area contributed by atoms with E-state index in [-0.39, 0.29) is 18.0 Å². The van der Waals surface area contributed by atoms with Crippen LogP contribution in [0.4, 0.5) is 18.9 Å². The number of alkyl halides is 3. The summed E-state index contributed by atoms with van der Waals surface area (Å²) in [7, 11) is 0. The normalized spacial score (nSPS) is 19.3. The van der Waals surface area contributed by atoms with Gasteiger partial charge in [-0.25, -0.2) is 0 Å². The molecule has 1 fully saturated rings. The van der Waals surface area contributed by atoms with E-state index in [4.69, 9.17) is 11.6 Å². The second-order valence-corrected chi connectivity index (χ2v) is 6.97. The van der Waals surface area contributed by atoms with Gasteiger partial charge < -0.3 is 5.32 Å². The summed E-state index contributed by atoms with van der Waals surface area (Å²) < 4.78 is 38.6. The Morgan fingerprint density at radius 1 is 1.38 bits per heavy atom. The van der Waals surface area contributed by atoms with E-state index in [9.17, 15) is 22.8 Å². The molecule has 0 saturated carbocycles. The topological polar surface area (TPSA) is 61.8 Å². The predicted octanol–water partition coefficient (Wildman–Crippen LogP) is 4.03. The minimum absolute atomic E-state index is 0.0306. The maximum absolute atomic E-state index is 12.9. The molecule has 1 aliphatic heterocycles. The highest BCUT2D eigenvalue weighted by Gasteiger charge is 2.38. The lowest BCUT2D eigenvalue weighted by Gasteiger charge is -2.13. The summed E-state index contributed by atoms with van der Waals surface area (Å²) in [5, 5.41) is 1.85. The number of nitrogens with zero attached hydrogens (tertiary/aromatic N) is 2. The molecular weight excluding hydrogens is 391 g/mol. The third-order valence-corrected chi connectivity index (χ3v) is 5.10. The molecule has 2 rings (SSSR count). The Kier molecular flexibility index (Phi) is 6.57. The van der Waals surface area contributed by atoms with Crippen molar-refractivity contribution in [2.45, 2.75) is 31.7 Å². The summed E-state index contributed by atoms with van der Waals surface area (Å²) in [5.74, 6) is -0.785. The van der Waals surface area contributed by atoms with E-state index in [0.29, 0.717) is 18.3 Å². The number of hydrogen-bond donors (Lipinski definition) is 1. The van der Waals surface area contributed by atoms with E-state index in [0.717, 1.165) is 12.1 Å². The van der Waals surface area contributed by atoms with Gasteiger partial charge in [-0.3, -0.25) is 19.5 Å². The number of nitrogens with one attached hydrogen (secondary N) is 1. The van der Waals surface area contributed by atoms with E-state index < -0.39 is 27.9 Å². The first-order valence-corrected chi connectivity index (χ1v) is 9.12. The smallest absolute Gasteiger partial charge is 0.326 e. The van der Waals surface area contributed by atoms with Gasteiger partial charge in [-0.1, -0.05) is 23.4 Å². The molecule has 1 N–H and O–H groups in total. The fourth-order valence-electron chi connectivity index (χ4n) is 2.39. The molecule has 0 radical (unpaired) electrons. The maximum Gasteiger partial charge on any atom is 0.417 e. The number of halogens is 4. The molecule has 0 aromatic heterocycles. The van der Waals surface area contributed by atoms with Crippen molar-refractivity contribution in [1.29, 1.82) is 0 Å². The highest BCUT2D eigenvalue weighted by Crippen LogP contribution is 2.36. The number of thioether (sulfide) groups is 1. The standard InChI is InChI=1S/C16H17ClF3N3O2S/c1-3-21-15-23(4-2)14(25)12(26-15)8-13(24)22-9-5-6-11(17)10(7-9)16(18,19)20/h5-7,12H,3-4,8H2,1-2H3,(H,22,24). The molecule has 2 amide bonds. The number of rotatable bonds is 5. The summed E-state index contributed by atoms with van der Waals surface area (Å²) in [6, 6.07) is 3.12. The highest BCUT2D eigenvalue weighted by molar-refractivity contribution is 8.15. The van der Waals surface area contributed by atoms with E-state index in [2.05, 4.69) is 10.3 Å². The van der Waals surface area contributed by atoms with Crippen molar-refractivity contribution in [3.63, 3.8) is 0 Å². The molecule has 142 valence electrons. The van der Waals surface area contributed by atoms with Gasteiger partial charge in [0.05, 0.1) is 10.6 Å². The van der Waals surface area contributed by atoms with Crippen LogP contribution in [-0.2, 0) is 15.8 Å². The first-order valence-electron chi connectivity index (χ1n) is 7.86. The fraction of sp³-hybridized carbons (Fsp3) is 0.438. The maximum atomic E-state index is 12.9. The van der Waals surface area contributed by atoms with Crippen LogP contribution in [0.15, 0.2) is 23.2 Å². The second-order valence-electron chi connectivity index (χ2n) is 5.39. The van der Waals surface area contributed by atoms with Crippen molar-refractivity contribution in [2.75, 3.05) is 18.4 Å². The zero-order chi connectivity index (χ0) is 19.5. The van der Waals surface area contributed by atoms with Crippen molar-refractivity contribution in [3.05, 3.63) is 28.8 Å². The van der Waals surface area contributed by atoms with E-state index in [1.54, 1.807) is 6.92 Å². The minimum Gasteiger partial charge on any atom is -0.326 e. The Morgan fingerprint density at radius 2 is 2.08 bits per heavy atom. The van der Waals surface area contributed by atoms with Gasteiger partial charge in [0.2, 0.25) is 11.8 Å². The molecule has 1 atom stereocenters. The molecule has 0 bridgehead atoms. The molecule has 1 heterocycles. The third kappa shape index (κ3) is 4.70. The van der Waals surface area contributed by atoms with Crippen molar-refractivity contribution in [2.24, 2.45) is 4.99 Å². The quantitative estimate of drug-likeness (QED) is 0.801. The van der Waals surface area contributed by atoms with Crippen LogP contribution in [0.5, 0.6) is 0 Å². The van der Waals surface area contributed by atoms with Gasteiger partial charge in [0.25, 0.3) is 0 Å².